The zero-order chi connectivity index (χ0) is 11.5. The monoisotopic (exact) mass is 219 g/mol. The molecular formula is C13H17NO2. The van der Waals surface area contributed by atoms with Gasteiger partial charge in [0.05, 0.1) is 6.42 Å². The highest BCUT2D eigenvalue weighted by Gasteiger charge is 2.22. The van der Waals surface area contributed by atoms with Crippen molar-refractivity contribution in [3.8, 4) is 0 Å². The second-order valence-corrected chi connectivity index (χ2v) is 4.37. The van der Waals surface area contributed by atoms with Crippen LogP contribution in [0.2, 0.25) is 0 Å². The fourth-order valence-corrected chi connectivity index (χ4v) is 2.38. The SMILES string of the molecule is C[C@@H](CC(=O)O)N1CCCc2ccccc21. The molecule has 1 N–H and O–H groups in total. The molecule has 0 aliphatic carbocycles. The first-order valence-electron chi connectivity index (χ1n) is 5.75. The predicted molar refractivity (Wildman–Crippen MR) is 63.8 cm³/mol. The van der Waals surface area contributed by atoms with E-state index in [0.29, 0.717) is 0 Å². The zero-order valence-corrected chi connectivity index (χ0v) is 9.52. The van der Waals surface area contributed by atoms with Gasteiger partial charge in [0.1, 0.15) is 0 Å². The van der Waals surface area contributed by atoms with Crippen LogP contribution in [0.1, 0.15) is 25.3 Å². The number of fused-ring (bicyclic) bond motifs is 1. The molecule has 2 rings (SSSR count). The first-order valence-corrected chi connectivity index (χ1v) is 5.75. The van der Waals surface area contributed by atoms with Crippen molar-refractivity contribution >= 4 is 11.7 Å². The molecule has 1 heterocycles. The van der Waals surface area contributed by atoms with Crippen LogP contribution in [0.5, 0.6) is 0 Å². The Bertz CT molecular complexity index is 389. The van der Waals surface area contributed by atoms with Gasteiger partial charge in [-0.3, -0.25) is 4.79 Å². The van der Waals surface area contributed by atoms with Crippen molar-refractivity contribution in [1.82, 2.24) is 0 Å². The Balaban J connectivity index is 2.21. The number of carboxylic acids is 1. The number of benzene rings is 1. The largest absolute Gasteiger partial charge is 0.481 e. The molecule has 1 aliphatic heterocycles. The Morgan fingerprint density at radius 3 is 3.00 bits per heavy atom. The van der Waals surface area contributed by atoms with E-state index in [1.54, 1.807) is 0 Å². The van der Waals surface area contributed by atoms with Crippen LogP contribution in [-0.4, -0.2) is 23.7 Å². The molecule has 0 bridgehead atoms. The van der Waals surface area contributed by atoms with Crippen LogP contribution >= 0.6 is 0 Å². The van der Waals surface area contributed by atoms with E-state index in [1.165, 1.54) is 11.3 Å². The molecule has 0 aromatic heterocycles. The van der Waals surface area contributed by atoms with Crippen molar-refractivity contribution in [2.45, 2.75) is 32.2 Å². The van der Waals surface area contributed by atoms with Crippen LogP contribution in [0.15, 0.2) is 24.3 Å². The second-order valence-electron chi connectivity index (χ2n) is 4.37. The number of aryl methyl sites for hydroxylation is 1. The second kappa shape index (κ2) is 4.56. The summed E-state index contributed by atoms with van der Waals surface area (Å²) >= 11 is 0. The topological polar surface area (TPSA) is 40.5 Å². The number of aliphatic carboxylic acids is 1. The van der Waals surface area contributed by atoms with Crippen LogP contribution in [0.4, 0.5) is 5.69 Å². The van der Waals surface area contributed by atoms with Crippen molar-refractivity contribution in [2.24, 2.45) is 0 Å². The number of hydrogen-bond donors (Lipinski definition) is 1. The van der Waals surface area contributed by atoms with Crippen LogP contribution in [0, 0.1) is 0 Å². The molecular weight excluding hydrogens is 202 g/mol. The third-order valence-electron chi connectivity index (χ3n) is 3.15. The van der Waals surface area contributed by atoms with Gasteiger partial charge in [0.25, 0.3) is 0 Å². The highest BCUT2D eigenvalue weighted by Crippen LogP contribution is 2.28. The molecule has 1 aromatic rings. The van der Waals surface area contributed by atoms with E-state index in [4.69, 9.17) is 5.11 Å². The van der Waals surface area contributed by atoms with Gasteiger partial charge in [-0.2, -0.15) is 0 Å². The molecule has 1 aromatic carbocycles. The smallest absolute Gasteiger partial charge is 0.305 e. The molecule has 86 valence electrons. The van der Waals surface area contributed by atoms with Crippen molar-refractivity contribution in [1.29, 1.82) is 0 Å². The average Bonchev–Trinajstić information content (AvgIpc) is 2.27. The van der Waals surface area contributed by atoms with Crippen LogP contribution in [0.25, 0.3) is 0 Å². The number of rotatable bonds is 3. The van der Waals surface area contributed by atoms with Gasteiger partial charge >= 0.3 is 5.97 Å². The normalized spacial score (nSPS) is 16.7. The summed E-state index contributed by atoms with van der Waals surface area (Å²) in [5.74, 6) is -0.726. The first-order chi connectivity index (χ1) is 7.68. The number of nitrogens with zero attached hydrogens (tertiary/aromatic N) is 1. The maximum absolute atomic E-state index is 10.7. The van der Waals surface area contributed by atoms with Crippen LogP contribution in [0.3, 0.4) is 0 Å². The van der Waals surface area contributed by atoms with Crippen molar-refractivity contribution in [3.05, 3.63) is 29.8 Å². The lowest BCUT2D eigenvalue weighted by molar-refractivity contribution is -0.137. The highest BCUT2D eigenvalue weighted by atomic mass is 16.4. The lowest BCUT2D eigenvalue weighted by Crippen LogP contribution is -2.38. The Labute approximate surface area is 95.7 Å². The maximum atomic E-state index is 10.7. The molecule has 1 aliphatic rings. The molecule has 1 atom stereocenters. The van der Waals surface area contributed by atoms with E-state index in [2.05, 4.69) is 17.0 Å². The summed E-state index contributed by atoms with van der Waals surface area (Å²) in [6.07, 6.45) is 2.42. The number of hydrogen-bond acceptors (Lipinski definition) is 2. The Kier molecular flexibility index (Phi) is 3.13. The minimum absolute atomic E-state index is 0.0685. The van der Waals surface area contributed by atoms with Gasteiger partial charge < -0.3 is 10.0 Å². The summed E-state index contributed by atoms with van der Waals surface area (Å²) in [5, 5.41) is 8.84. The van der Waals surface area contributed by atoms with E-state index < -0.39 is 5.97 Å². The number of anilines is 1. The van der Waals surface area contributed by atoms with E-state index in [-0.39, 0.29) is 12.5 Å². The quantitative estimate of drug-likeness (QED) is 0.848. The standard InChI is InChI=1S/C13H17NO2/c1-10(9-13(15)16)14-8-4-6-11-5-2-3-7-12(11)14/h2-3,5,7,10H,4,6,8-9H2,1H3,(H,15,16)/t10-/m0/s1. The third-order valence-corrected chi connectivity index (χ3v) is 3.15. The van der Waals surface area contributed by atoms with E-state index in [0.717, 1.165) is 19.4 Å². The van der Waals surface area contributed by atoms with Crippen molar-refractivity contribution in [3.63, 3.8) is 0 Å². The number of para-hydroxylation sites is 1. The molecule has 0 saturated heterocycles. The van der Waals surface area contributed by atoms with E-state index >= 15 is 0 Å². The van der Waals surface area contributed by atoms with Gasteiger partial charge in [-0.1, -0.05) is 18.2 Å². The Morgan fingerprint density at radius 2 is 2.25 bits per heavy atom. The summed E-state index contributed by atoms with van der Waals surface area (Å²) in [6, 6.07) is 8.36. The minimum atomic E-state index is -0.726. The predicted octanol–water partition coefficient (Wildman–Crippen LogP) is 2.30. The van der Waals surface area contributed by atoms with Gasteiger partial charge in [0.15, 0.2) is 0 Å². The third kappa shape index (κ3) is 2.18. The van der Waals surface area contributed by atoms with Crippen molar-refractivity contribution in [2.75, 3.05) is 11.4 Å². The lowest BCUT2D eigenvalue weighted by atomic mass is 9.99. The lowest BCUT2D eigenvalue weighted by Gasteiger charge is -2.35. The minimum Gasteiger partial charge on any atom is -0.481 e. The molecule has 0 unspecified atom stereocenters. The number of carbonyl (C=O) groups is 1. The number of carboxylic acid groups (broad SMARTS) is 1. The van der Waals surface area contributed by atoms with Gasteiger partial charge in [-0.15, -0.1) is 0 Å². The molecule has 0 saturated carbocycles. The Hall–Kier alpha value is -1.51. The summed E-state index contributed by atoms with van der Waals surface area (Å²) in [6.45, 7) is 2.95. The maximum Gasteiger partial charge on any atom is 0.305 e. The summed E-state index contributed by atoms with van der Waals surface area (Å²) in [4.78, 5) is 13.0. The molecule has 3 heteroatoms. The van der Waals surface area contributed by atoms with Crippen molar-refractivity contribution < 1.29 is 9.90 Å². The average molecular weight is 219 g/mol. The molecule has 0 radical (unpaired) electrons. The summed E-state index contributed by atoms with van der Waals surface area (Å²) in [7, 11) is 0. The first kappa shape index (κ1) is 11.0. The molecule has 16 heavy (non-hydrogen) atoms. The summed E-state index contributed by atoms with van der Waals surface area (Å²) < 4.78 is 0. The highest BCUT2D eigenvalue weighted by molar-refractivity contribution is 5.69. The van der Waals surface area contributed by atoms with Gasteiger partial charge in [-0.25, -0.2) is 0 Å². The summed E-state index contributed by atoms with van der Waals surface area (Å²) in [5.41, 5.74) is 2.55. The fourth-order valence-electron chi connectivity index (χ4n) is 2.38. The zero-order valence-electron chi connectivity index (χ0n) is 9.52. The Morgan fingerprint density at radius 1 is 1.50 bits per heavy atom. The van der Waals surface area contributed by atoms with Gasteiger partial charge in [0.2, 0.25) is 0 Å². The fraction of sp³-hybridized carbons (Fsp3) is 0.462. The van der Waals surface area contributed by atoms with Crippen LogP contribution < -0.4 is 4.90 Å². The van der Waals surface area contributed by atoms with Crippen LogP contribution in [-0.2, 0) is 11.2 Å². The molecule has 0 amide bonds. The molecule has 3 nitrogen and oxygen atoms in total. The van der Waals surface area contributed by atoms with E-state index in [9.17, 15) is 4.79 Å². The molecule has 0 spiro atoms. The van der Waals surface area contributed by atoms with Gasteiger partial charge in [-0.05, 0) is 31.4 Å². The van der Waals surface area contributed by atoms with Gasteiger partial charge in [0, 0.05) is 18.3 Å². The van der Waals surface area contributed by atoms with E-state index in [1.807, 2.05) is 19.1 Å². The molecule has 0 fully saturated rings.